The Kier molecular flexibility index (Phi) is 13.6. The van der Waals surface area contributed by atoms with Crippen molar-refractivity contribution < 1.29 is 9.59 Å². The summed E-state index contributed by atoms with van der Waals surface area (Å²) in [6.45, 7) is 3.65. The number of Topliss-reactive ketones (excluding diaryl/α,β-unsaturated/α-hetero) is 1. The molecule has 118 valence electrons. The molecule has 0 aliphatic carbocycles. The summed E-state index contributed by atoms with van der Waals surface area (Å²) in [6.07, 6.45) is 9.04. The van der Waals surface area contributed by atoms with Crippen molar-refractivity contribution in [1.29, 1.82) is 0 Å². The quantitative estimate of drug-likeness (QED) is 0.415. The predicted octanol–water partition coefficient (Wildman–Crippen LogP) is 3.78. The molecule has 0 unspecified atom stereocenters. The van der Waals surface area contributed by atoms with Crippen LogP contribution in [0.2, 0.25) is 0 Å². The molecule has 0 radical (unpaired) electrons. The molecule has 0 saturated heterocycles. The average Bonchev–Trinajstić information content (AvgIpc) is 2.43. The van der Waals surface area contributed by atoms with Crippen molar-refractivity contribution in [2.45, 2.75) is 64.8 Å². The van der Waals surface area contributed by atoms with Crippen LogP contribution in [0.3, 0.4) is 0 Å². The first-order chi connectivity index (χ1) is 9.61. The molecule has 5 heteroatoms. The molecule has 1 atom stereocenters. The summed E-state index contributed by atoms with van der Waals surface area (Å²) in [6, 6.07) is -0.431. The molecule has 0 aromatic heterocycles. The van der Waals surface area contributed by atoms with E-state index >= 15 is 0 Å². The lowest BCUT2D eigenvalue weighted by Gasteiger charge is -2.15. The number of carbonyl (C=O) groups is 2. The second kappa shape index (κ2) is 13.7. The first kappa shape index (κ1) is 19.8. The van der Waals surface area contributed by atoms with Crippen LogP contribution >= 0.6 is 23.4 Å². The lowest BCUT2D eigenvalue weighted by atomic mass is 10.1. The van der Waals surface area contributed by atoms with E-state index in [0.717, 1.165) is 5.75 Å². The molecule has 0 bridgehead atoms. The van der Waals surface area contributed by atoms with Crippen molar-refractivity contribution in [3.05, 3.63) is 0 Å². The number of hydrogen-bond donors (Lipinski definition) is 1. The predicted molar refractivity (Wildman–Crippen MR) is 88.6 cm³/mol. The maximum atomic E-state index is 11.6. The summed E-state index contributed by atoms with van der Waals surface area (Å²) < 4.78 is 0. The first-order valence-corrected chi connectivity index (χ1v) is 9.24. The number of hydrogen-bond acceptors (Lipinski definition) is 3. The van der Waals surface area contributed by atoms with Crippen LogP contribution < -0.4 is 5.32 Å². The molecule has 0 aromatic carbocycles. The van der Waals surface area contributed by atoms with Crippen LogP contribution in [-0.2, 0) is 9.59 Å². The molecule has 0 spiro atoms. The zero-order valence-electron chi connectivity index (χ0n) is 12.8. The van der Waals surface area contributed by atoms with Crippen molar-refractivity contribution in [2.75, 3.05) is 17.4 Å². The number of amides is 1. The van der Waals surface area contributed by atoms with Gasteiger partial charge >= 0.3 is 0 Å². The zero-order valence-corrected chi connectivity index (χ0v) is 14.3. The number of rotatable bonds is 13. The van der Waals surface area contributed by atoms with E-state index in [9.17, 15) is 9.59 Å². The number of nitrogens with one attached hydrogen (secondary N) is 1. The van der Waals surface area contributed by atoms with Crippen LogP contribution in [0.1, 0.15) is 58.8 Å². The SMILES string of the molecule is CCCCCCCCCSC[C@H](NC(C)=O)C(=O)CCl. The summed E-state index contributed by atoms with van der Waals surface area (Å²) in [5, 5.41) is 2.66. The number of unbranched alkanes of at least 4 members (excludes halogenated alkanes) is 6. The molecule has 0 aliphatic heterocycles. The van der Waals surface area contributed by atoms with Crippen LogP contribution in [0.5, 0.6) is 0 Å². The molecule has 0 fully saturated rings. The molecule has 0 rings (SSSR count). The highest BCUT2D eigenvalue weighted by molar-refractivity contribution is 7.99. The summed E-state index contributed by atoms with van der Waals surface area (Å²) >= 11 is 7.26. The number of ketones is 1. The maximum Gasteiger partial charge on any atom is 0.217 e. The third-order valence-corrected chi connectivity index (χ3v) is 4.48. The van der Waals surface area contributed by atoms with E-state index in [2.05, 4.69) is 12.2 Å². The fourth-order valence-corrected chi connectivity index (χ4v) is 3.18. The largest absolute Gasteiger partial charge is 0.346 e. The minimum absolute atomic E-state index is 0.0388. The minimum Gasteiger partial charge on any atom is -0.346 e. The van der Waals surface area contributed by atoms with Crippen molar-refractivity contribution in [3.63, 3.8) is 0 Å². The van der Waals surface area contributed by atoms with E-state index in [1.54, 1.807) is 11.8 Å². The van der Waals surface area contributed by atoms with Crippen LogP contribution in [0.25, 0.3) is 0 Å². The molecule has 0 aliphatic rings. The van der Waals surface area contributed by atoms with E-state index in [4.69, 9.17) is 11.6 Å². The van der Waals surface area contributed by atoms with Gasteiger partial charge in [0.1, 0.15) is 0 Å². The summed E-state index contributed by atoms with van der Waals surface area (Å²) in [7, 11) is 0. The lowest BCUT2D eigenvalue weighted by Crippen LogP contribution is -2.42. The molecule has 0 heterocycles. The van der Waals surface area contributed by atoms with Gasteiger partial charge in [-0.3, -0.25) is 9.59 Å². The van der Waals surface area contributed by atoms with Crippen LogP contribution in [0.15, 0.2) is 0 Å². The highest BCUT2D eigenvalue weighted by Gasteiger charge is 2.17. The fraction of sp³-hybridized carbons (Fsp3) is 0.867. The van der Waals surface area contributed by atoms with Gasteiger partial charge in [0.25, 0.3) is 0 Å². The van der Waals surface area contributed by atoms with Crippen LogP contribution in [0.4, 0.5) is 0 Å². The Morgan fingerprint density at radius 2 is 1.70 bits per heavy atom. The summed E-state index contributed by atoms with van der Waals surface area (Å²) in [4.78, 5) is 22.6. The van der Waals surface area contributed by atoms with Gasteiger partial charge in [-0.05, 0) is 12.2 Å². The van der Waals surface area contributed by atoms with Gasteiger partial charge in [-0.15, -0.1) is 11.6 Å². The normalized spacial score (nSPS) is 12.2. The molecule has 0 saturated carbocycles. The number of carbonyl (C=O) groups excluding carboxylic acids is 2. The van der Waals surface area contributed by atoms with E-state index < -0.39 is 6.04 Å². The van der Waals surface area contributed by atoms with E-state index in [-0.39, 0.29) is 17.6 Å². The van der Waals surface area contributed by atoms with Gasteiger partial charge < -0.3 is 5.32 Å². The molecule has 1 N–H and O–H groups in total. The van der Waals surface area contributed by atoms with Gasteiger partial charge in [0.05, 0.1) is 11.9 Å². The highest BCUT2D eigenvalue weighted by Crippen LogP contribution is 2.12. The summed E-state index contributed by atoms with van der Waals surface area (Å²) in [5.74, 6) is 1.35. The van der Waals surface area contributed by atoms with Crippen molar-refractivity contribution in [2.24, 2.45) is 0 Å². The Hall–Kier alpha value is -0.220. The minimum atomic E-state index is -0.431. The Balaban J connectivity index is 3.58. The zero-order chi connectivity index (χ0) is 15.2. The Labute approximate surface area is 132 Å². The topological polar surface area (TPSA) is 46.2 Å². The van der Waals surface area contributed by atoms with Gasteiger partial charge in [0.2, 0.25) is 5.91 Å². The Morgan fingerprint density at radius 3 is 2.25 bits per heavy atom. The van der Waals surface area contributed by atoms with Gasteiger partial charge in [0, 0.05) is 12.7 Å². The van der Waals surface area contributed by atoms with Crippen LogP contribution in [0, 0.1) is 0 Å². The standard InChI is InChI=1S/C15H28ClNO2S/c1-3-4-5-6-7-8-9-10-20-12-14(15(19)11-16)17-13(2)18/h14H,3-12H2,1-2H3,(H,17,18)/t14-/m0/s1. The lowest BCUT2D eigenvalue weighted by molar-refractivity contribution is -0.124. The molecular formula is C15H28ClNO2S. The Morgan fingerprint density at radius 1 is 1.10 bits per heavy atom. The molecule has 1 amide bonds. The maximum absolute atomic E-state index is 11.6. The highest BCUT2D eigenvalue weighted by atomic mass is 35.5. The fourth-order valence-electron chi connectivity index (χ4n) is 1.92. The number of thioether (sulfide) groups is 1. The number of alkyl halides is 1. The van der Waals surface area contributed by atoms with Gasteiger partial charge in [-0.2, -0.15) is 11.8 Å². The smallest absolute Gasteiger partial charge is 0.217 e. The monoisotopic (exact) mass is 321 g/mol. The van der Waals surface area contributed by atoms with Crippen molar-refractivity contribution in [1.82, 2.24) is 5.32 Å². The second-order valence-electron chi connectivity index (χ2n) is 5.05. The van der Waals surface area contributed by atoms with Gasteiger partial charge in [-0.1, -0.05) is 45.4 Å². The van der Waals surface area contributed by atoms with Crippen molar-refractivity contribution >= 4 is 35.1 Å². The van der Waals surface area contributed by atoms with Gasteiger partial charge in [-0.25, -0.2) is 0 Å². The molecular weight excluding hydrogens is 294 g/mol. The van der Waals surface area contributed by atoms with E-state index in [0.29, 0.717) is 5.75 Å². The molecule has 3 nitrogen and oxygen atoms in total. The average molecular weight is 322 g/mol. The van der Waals surface area contributed by atoms with E-state index in [1.807, 2.05) is 0 Å². The third kappa shape index (κ3) is 11.6. The number of halogens is 1. The molecule has 0 aromatic rings. The van der Waals surface area contributed by atoms with Crippen LogP contribution in [-0.4, -0.2) is 35.1 Å². The Bertz CT molecular complexity index is 275. The first-order valence-electron chi connectivity index (χ1n) is 7.55. The third-order valence-electron chi connectivity index (χ3n) is 3.07. The van der Waals surface area contributed by atoms with Gasteiger partial charge in [0.15, 0.2) is 5.78 Å². The van der Waals surface area contributed by atoms with E-state index in [1.165, 1.54) is 51.9 Å². The van der Waals surface area contributed by atoms with Crippen molar-refractivity contribution in [3.8, 4) is 0 Å². The summed E-state index contributed by atoms with van der Waals surface area (Å²) in [5.41, 5.74) is 0. The second-order valence-corrected chi connectivity index (χ2v) is 6.47. The molecule has 20 heavy (non-hydrogen) atoms.